The van der Waals surface area contributed by atoms with Crippen LogP contribution in [0.2, 0.25) is 5.02 Å². The predicted molar refractivity (Wildman–Crippen MR) is 153 cm³/mol. The van der Waals surface area contributed by atoms with Gasteiger partial charge in [-0.2, -0.15) is 0 Å². The van der Waals surface area contributed by atoms with Crippen LogP contribution in [0.5, 0.6) is 0 Å². The summed E-state index contributed by atoms with van der Waals surface area (Å²) in [5.74, 6) is 3.47. The van der Waals surface area contributed by atoms with Crippen molar-refractivity contribution < 1.29 is 4.74 Å². The fraction of sp³-hybridized carbons (Fsp3) is 0.480. The van der Waals surface area contributed by atoms with Crippen LogP contribution in [0.25, 0.3) is 5.69 Å². The van der Waals surface area contributed by atoms with Gasteiger partial charge >= 0.3 is 0 Å². The number of anilines is 1. The van der Waals surface area contributed by atoms with Crippen LogP contribution in [0.3, 0.4) is 0 Å². The van der Waals surface area contributed by atoms with Gasteiger partial charge in [0.25, 0.3) is 0 Å². The molecule has 3 aliphatic heterocycles. The number of aromatic nitrogens is 4. The molecule has 2 fully saturated rings. The normalized spacial score (nSPS) is 20.2. The number of fused-ring (bicyclic) bond motifs is 3. The maximum Gasteiger partial charge on any atom is 0.151 e. The molecule has 0 spiro atoms. The third kappa shape index (κ3) is 6.33. The van der Waals surface area contributed by atoms with E-state index >= 15 is 0 Å². The number of hydrogen-bond donors (Lipinski definition) is 1. The van der Waals surface area contributed by atoms with Crippen LogP contribution in [0.4, 0.5) is 5.82 Å². The van der Waals surface area contributed by atoms with Crippen LogP contribution in [-0.4, -0.2) is 70.1 Å². The Morgan fingerprint density at radius 3 is 2.62 bits per heavy atom. The highest BCUT2D eigenvalue weighted by Gasteiger charge is 2.32. The molecule has 3 aromatic rings. The van der Waals surface area contributed by atoms with E-state index < -0.39 is 0 Å². The molecule has 5 heterocycles. The lowest BCUT2D eigenvalue weighted by Crippen LogP contribution is -2.42. The minimum Gasteiger partial charge on any atom is -0.378 e. The van der Waals surface area contributed by atoms with Gasteiger partial charge in [-0.15, -0.1) is 47.4 Å². The van der Waals surface area contributed by atoms with Gasteiger partial charge in [-0.1, -0.05) is 17.7 Å². The van der Waals surface area contributed by atoms with Crippen molar-refractivity contribution in [3.63, 3.8) is 0 Å². The molecule has 1 aromatic carbocycles. The fourth-order valence-corrected chi connectivity index (χ4v) is 5.60. The number of rotatable bonds is 3. The van der Waals surface area contributed by atoms with Gasteiger partial charge in [0.2, 0.25) is 0 Å². The molecule has 6 rings (SSSR count). The van der Waals surface area contributed by atoms with E-state index in [2.05, 4.69) is 48.9 Å². The summed E-state index contributed by atoms with van der Waals surface area (Å²) in [7, 11) is 0. The smallest absolute Gasteiger partial charge is 0.151 e. The van der Waals surface area contributed by atoms with E-state index in [-0.39, 0.29) is 43.3 Å². The van der Waals surface area contributed by atoms with Gasteiger partial charge < -0.3 is 15.0 Å². The summed E-state index contributed by atoms with van der Waals surface area (Å²) in [4.78, 5) is 9.35. The SMILES string of the molecule is Cl.Cl.Cl.Clc1ccc2c(c1)CN(C1CNCCOC1)Cc1nnc(C3CCN(c4ccccn4)CC3)n1-2. The number of piperidine rings is 1. The van der Waals surface area contributed by atoms with Gasteiger partial charge in [-0.05, 0) is 48.7 Å². The van der Waals surface area contributed by atoms with Gasteiger partial charge in [0.1, 0.15) is 11.6 Å². The van der Waals surface area contributed by atoms with Gasteiger partial charge in [0.15, 0.2) is 5.82 Å². The molecule has 0 radical (unpaired) electrons. The fourth-order valence-electron chi connectivity index (χ4n) is 5.41. The molecular weight excluding hydrogens is 556 g/mol. The van der Waals surface area contributed by atoms with Crippen LogP contribution in [0.1, 0.15) is 36.0 Å². The molecule has 12 heteroatoms. The Morgan fingerprint density at radius 2 is 1.84 bits per heavy atom. The Kier molecular flexibility index (Phi) is 10.8. The molecule has 1 N–H and O–H groups in total. The minimum atomic E-state index is 0. The van der Waals surface area contributed by atoms with E-state index in [1.165, 1.54) is 5.56 Å². The molecule has 0 bridgehead atoms. The topological polar surface area (TPSA) is 71.3 Å². The Morgan fingerprint density at radius 1 is 1.00 bits per heavy atom. The molecule has 2 saturated heterocycles. The molecule has 0 aliphatic carbocycles. The first-order chi connectivity index (χ1) is 16.8. The van der Waals surface area contributed by atoms with E-state index in [1.807, 2.05) is 18.3 Å². The van der Waals surface area contributed by atoms with Crippen molar-refractivity contribution in [1.82, 2.24) is 30.0 Å². The first kappa shape index (κ1) is 29.9. The van der Waals surface area contributed by atoms with Gasteiger partial charge in [0, 0.05) is 55.9 Å². The number of pyridine rings is 1. The van der Waals surface area contributed by atoms with Crippen molar-refractivity contribution in [2.75, 3.05) is 44.3 Å². The van der Waals surface area contributed by atoms with E-state index in [9.17, 15) is 0 Å². The van der Waals surface area contributed by atoms with Crippen molar-refractivity contribution in [2.24, 2.45) is 0 Å². The average Bonchev–Trinajstić information content (AvgIpc) is 3.03. The van der Waals surface area contributed by atoms with Gasteiger partial charge in [-0.25, -0.2) is 4.98 Å². The van der Waals surface area contributed by atoms with E-state index in [0.29, 0.717) is 5.92 Å². The number of hydrogen-bond acceptors (Lipinski definition) is 7. The second-order valence-corrected chi connectivity index (χ2v) is 9.81. The molecular formula is C25H33Cl4N7O. The largest absolute Gasteiger partial charge is 0.378 e. The van der Waals surface area contributed by atoms with Crippen molar-refractivity contribution in [3.8, 4) is 5.69 Å². The molecule has 1 atom stereocenters. The molecule has 2 aromatic heterocycles. The van der Waals surface area contributed by atoms with Crippen LogP contribution < -0.4 is 10.2 Å². The summed E-state index contributed by atoms with van der Waals surface area (Å²) in [5, 5.41) is 13.7. The van der Waals surface area contributed by atoms with Crippen molar-refractivity contribution in [1.29, 1.82) is 0 Å². The van der Waals surface area contributed by atoms with Crippen LogP contribution >= 0.6 is 48.8 Å². The van der Waals surface area contributed by atoms with Gasteiger partial charge in [-0.3, -0.25) is 9.47 Å². The van der Waals surface area contributed by atoms with E-state index in [0.717, 1.165) is 93.5 Å². The molecule has 3 aliphatic rings. The van der Waals surface area contributed by atoms with Gasteiger partial charge in [0.05, 0.1) is 25.4 Å². The molecule has 1 unspecified atom stereocenters. The summed E-state index contributed by atoms with van der Waals surface area (Å²) >= 11 is 6.45. The van der Waals surface area contributed by atoms with Crippen molar-refractivity contribution in [3.05, 3.63) is 64.8 Å². The zero-order chi connectivity index (χ0) is 22.9. The molecule has 202 valence electrons. The predicted octanol–water partition coefficient (Wildman–Crippen LogP) is 4.27. The minimum absolute atomic E-state index is 0. The zero-order valence-electron chi connectivity index (χ0n) is 20.5. The first-order valence-electron chi connectivity index (χ1n) is 12.2. The molecule has 8 nitrogen and oxygen atoms in total. The van der Waals surface area contributed by atoms with Crippen LogP contribution in [-0.2, 0) is 17.8 Å². The lowest BCUT2D eigenvalue weighted by Gasteiger charge is -2.32. The van der Waals surface area contributed by atoms with Crippen LogP contribution in [0.15, 0.2) is 42.6 Å². The van der Waals surface area contributed by atoms with Crippen molar-refractivity contribution in [2.45, 2.75) is 37.9 Å². The average molecular weight is 589 g/mol. The maximum atomic E-state index is 6.45. The lowest BCUT2D eigenvalue weighted by molar-refractivity contribution is 0.0717. The van der Waals surface area contributed by atoms with E-state index in [1.54, 1.807) is 0 Å². The summed E-state index contributed by atoms with van der Waals surface area (Å²) in [6, 6.07) is 12.6. The molecule has 0 saturated carbocycles. The highest BCUT2D eigenvalue weighted by atomic mass is 35.5. The summed E-state index contributed by atoms with van der Waals surface area (Å²) in [5.41, 5.74) is 2.36. The standard InChI is InChI=1S/C25H30ClN7O.3ClH/c26-20-4-5-22-19(13-20)15-32(21-14-27-9-12-34-17-21)16-24-29-30-25(33(22)24)18-6-10-31(11-7-18)23-3-1-2-8-28-23;;;/h1-5,8,13,18,21,27H,6-7,9-12,14-17H2;3*1H. The second-order valence-electron chi connectivity index (χ2n) is 9.37. The van der Waals surface area contributed by atoms with Crippen molar-refractivity contribution >= 4 is 54.6 Å². The molecule has 0 amide bonds. The lowest BCUT2D eigenvalue weighted by atomic mass is 9.95. The Hall–Kier alpha value is -1.65. The quantitative estimate of drug-likeness (QED) is 0.490. The number of nitrogens with zero attached hydrogens (tertiary/aromatic N) is 6. The highest BCUT2D eigenvalue weighted by Crippen LogP contribution is 2.34. The highest BCUT2D eigenvalue weighted by molar-refractivity contribution is 6.30. The van der Waals surface area contributed by atoms with E-state index in [4.69, 9.17) is 26.5 Å². The Bertz CT molecular complexity index is 1130. The third-order valence-electron chi connectivity index (χ3n) is 7.22. The second kappa shape index (κ2) is 13.4. The maximum absolute atomic E-state index is 6.45. The first-order valence-corrected chi connectivity index (χ1v) is 12.6. The summed E-state index contributed by atoms with van der Waals surface area (Å²) in [6.07, 6.45) is 3.92. The number of nitrogens with one attached hydrogen (secondary N) is 1. The Labute approximate surface area is 241 Å². The molecule has 37 heavy (non-hydrogen) atoms. The monoisotopic (exact) mass is 587 g/mol. The van der Waals surface area contributed by atoms with Crippen LogP contribution in [0, 0.1) is 0 Å². The number of ether oxygens (including phenoxy) is 1. The summed E-state index contributed by atoms with van der Waals surface area (Å²) < 4.78 is 8.17. The number of benzene rings is 1. The zero-order valence-corrected chi connectivity index (χ0v) is 23.7. The Balaban J connectivity index is 0.00000127. The summed E-state index contributed by atoms with van der Waals surface area (Å²) in [6.45, 7) is 6.75. The third-order valence-corrected chi connectivity index (χ3v) is 7.45. The number of halogens is 4.